The van der Waals surface area contributed by atoms with Gasteiger partial charge in [-0.3, -0.25) is 0 Å². The van der Waals surface area contributed by atoms with Crippen molar-refractivity contribution in [2.24, 2.45) is 0 Å². The van der Waals surface area contributed by atoms with Crippen LogP contribution in [0, 0.1) is 0 Å². The van der Waals surface area contributed by atoms with E-state index in [0.29, 0.717) is 0 Å². The van der Waals surface area contributed by atoms with Gasteiger partial charge in [0.05, 0.1) is 22.4 Å². The second kappa shape index (κ2) is 13.6. The van der Waals surface area contributed by atoms with Crippen LogP contribution in [0.4, 0.5) is 17.1 Å². The van der Waals surface area contributed by atoms with Gasteiger partial charge in [-0.15, -0.1) is 0 Å². The Labute approximate surface area is 330 Å². The minimum Gasteiger partial charge on any atom is -0.455 e. The molecule has 11 aromatic rings. The fourth-order valence-electron chi connectivity index (χ4n) is 8.61. The summed E-state index contributed by atoms with van der Waals surface area (Å²) in [5.74, 6) is 0. The summed E-state index contributed by atoms with van der Waals surface area (Å²) in [5, 5.41) is 4.79. The third-order valence-corrected chi connectivity index (χ3v) is 11.2. The summed E-state index contributed by atoms with van der Waals surface area (Å²) < 4.78 is 8.81. The molecule has 0 unspecified atom stereocenters. The number of para-hydroxylation sites is 7. The average molecular weight is 729 g/mol. The van der Waals surface area contributed by atoms with E-state index >= 15 is 0 Å². The highest BCUT2D eigenvalue weighted by Crippen LogP contribution is 2.43. The lowest BCUT2D eigenvalue weighted by Crippen LogP contribution is -2.11. The van der Waals surface area contributed by atoms with Crippen LogP contribution in [0.5, 0.6) is 0 Å². The number of rotatable bonds is 7. The Hall–Kier alpha value is -7.62. The highest BCUT2D eigenvalue weighted by molar-refractivity contribution is 6.10. The Balaban J connectivity index is 0.985. The van der Waals surface area contributed by atoms with Crippen molar-refractivity contribution in [1.29, 1.82) is 0 Å². The molecule has 0 aliphatic heterocycles. The summed E-state index contributed by atoms with van der Waals surface area (Å²) in [7, 11) is 0. The van der Waals surface area contributed by atoms with Crippen LogP contribution in [0.3, 0.4) is 0 Å². The lowest BCUT2D eigenvalue weighted by atomic mass is 9.97. The average Bonchev–Trinajstić information content (AvgIpc) is 3.84. The molecule has 0 saturated carbocycles. The van der Waals surface area contributed by atoms with Crippen LogP contribution in [-0.2, 0) is 0 Å². The first kappa shape index (κ1) is 32.8. The van der Waals surface area contributed by atoms with Gasteiger partial charge in [-0.1, -0.05) is 164 Å². The molecule has 9 aromatic carbocycles. The van der Waals surface area contributed by atoms with Crippen molar-refractivity contribution in [2.45, 2.75) is 0 Å². The van der Waals surface area contributed by atoms with E-state index in [9.17, 15) is 0 Å². The van der Waals surface area contributed by atoms with Crippen LogP contribution in [0.15, 0.2) is 223 Å². The predicted octanol–water partition coefficient (Wildman–Crippen LogP) is 15.2. The highest BCUT2D eigenvalue weighted by atomic mass is 16.3. The first-order valence-electron chi connectivity index (χ1n) is 19.4. The maximum atomic E-state index is 6.40. The molecule has 0 fully saturated rings. The van der Waals surface area contributed by atoms with Crippen LogP contribution in [0.2, 0.25) is 0 Å². The van der Waals surface area contributed by atoms with Gasteiger partial charge in [0.1, 0.15) is 11.2 Å². The van der Waals surface area contributed by atoms with Gasteiger partial charge in [0, 0.05) is 49.6 Å². The lowest BCUT2D eigenvalue weighted by molar-refractivity contribution is 0.670. The van der Waals surface area contributed by atoms with Gasteiger partial charge in [-0.25, -0.2) is 0 Å². The molecular weight excluding hydrogens is 693 g/mol. The monoisotopic (exact) mass is 728 g/mol. The Morgan fingerprint density at radius 2 is 0.825 bits per heavy atom. The molecule has 2 heterocycles. The summed E-state index contributed by atoms with van der Waals surface area (Å²) in [6, 6.07) is 78.0. The normalized spacial score (nSPS) is 11.5. The molecule has 0 aliphatic carbocycles. The van der Waals surface area contributed by atoms with Crippen LogP contribution in [0.1, 0.15) is 0 Å². The summed E-state index contributed by atoms with van der Waals surface area (Å²) in [4.78, 5) is 2.35. The van der Waals surface area contributed by atoms with E-state index in [4.69, 9.17) is 4.42 Å². The summed E-state index contributed by atoms with van der Waals surface area (Å²) in [5.41, 5.74) is 15.5. The molecule has 3 heteroatoms. The zero-order valence-electron chi connectivity index (χ0n) is 31.1. The molecule has 11 rings (SSSR count). The number of anilines is 3. The summed E-state index contributed by atoms with van der Waals surface area (Å²) in [6.45, 7) is 0. The van der Waals surface area contributed by atoms with Gasteiger partial charge in [0.25, 0.3) is 0 Å². The second-order valence-corrected chi connectivity index (χ2v) is 14.5. The van der Waals surface area contributed by atoms with Crippen LogP contribution in [-0.4, -0.2) is 4.57 Å². The smallest absolute Gasteiger partial charge is 0.143 e. The molecule has 0 N–H and O–H groups in total. The van der Waals surface area contributed by atoms with Gasteiger partial charge in [-0.05, 0) is 71.3 Å². The standard InChI is InChI=1S/C54H36N2O/c1-2-15-40(16-3-1)55(41-35-33-39(34-36-41)44-22-14-23-48-47-21-8-13-28-53(47)57-54(44)48)49-24-9-4-17-42(49)37-29-31-38(32-30-37)43-18-5-10-25-50(43)56-51-26-11-6-19-45(51)46-20-7-12-27-52(46)56/h1-36H. The van der Waals surface area contributed by atoms with E-state index in [1.54, 1.807) is 0 Å². The van der Waals surface area contributed by atoms with Crippen molar-refractivity contribution in [3.8, 4) is 39.1 Å². The number of benzene rings is 9. The fourth-order valence-corrected chi connectivity index (χ4v) is 8.61. The maximum absolute atomic E-state index is 6.40. The Morgan fingerprint density at radius 1 is 0.333 bits per heavy atom. The van der Waals surface area contributed by atoms with Gasteiger partial charge < -0.3 is 13.9 Å². The van der Waals surface area contributed by atoms with Crippen molar-refractivity contribution in [3.63, 3.8) is 0 Å². The highest BCUT2D eigenvalue weighted by Gasteiger charge is 2.19. The van der Waals surface area contributed by atoms with E-state index in [-0.39, 0.29) is 0 Å². The van der Waals surface area contributed by atoms with Crippen LogP contribution < -0.4 is 4.90 Å². The van der Waals surface area contributed by atoms with Gasteiger partial charge >= 0.3 is 0 Å². The molecule has 0 spiro atoms. The molecule has 268 valence electrons. The molecule has 3 nitrogen and oxygen atoms in total. The minimum absolute atomic E-state index is 0.906. The van der Waals surface area contributed by atoms with E-state index in [0.717, 1.165) is 61.3 Å². The van der Waals surface area contributed by atoms with Gasteiger partial charge in [-0.2, -0.15) is 0 Å². The number of furan rings is 1. The number of nitrogens with zero attached hydrogens (tertiary/aromatic N) is 2. The molecule has 2 aromatic heterocycles. The number of fused-ring (bicyclic) bond motifs is 6. The van der Waals surface area contributed by atoms with Crippen LogP contribution >= 0.6 is 0 Å². The van der Waals surface area contributed by atoms with E-state index in [1.165, 1.54) is 38.6 Å². The quantitative estimate of drug-likeness (QED) is 0.163. The molecule has 0 amide bonds. The van der Waals surface area contributed by atoms with E-state index in [1.807, 2.05) is 12.1 Å². The zero-order valence-corrected chi connectivity index (χ0v) is 31.1. The van der Waals surface area contributed by atoms with Crippen molar-refractivity contribution >= 4 is 60.8 Å². The second-order valence-electron chi connectivity index (χ2n) is 14.5. The third kappa shape index (κ3) is 5.51. The number of hydrogen-bond donors (Lipinski definition) is 0. The van der Waals surface area contributed by atoms with E-state index < -0.39 is 0 Å². The predicted molar refractivity (Wildman–Crippen MR) is 239 cm³/mol. The number of aromatic nitrogens is 1. The van der Waals surface area contributed by atoms with Crippen molar-refractivity contribution < 1.29 is 4.42 Å². The molecule has 0 radical (unpaired) electrons. The van der Waals surface area contributed by atoms with Gasteiger partial charge in [0.15, 0.2) is 0 Å². The molecule has 0 atom stereocenters. The Bertz CT molecular complexity index is 3170. The Kier molecular flexibility index (Phi) is 7.82. The van der Waals surface area contributed by atoms with Crippen molar-refractivity contribution in [1.82, 2.24) is 4.57 Å². The van der Waals surface area contributed by atoms with Crippen LogP contribution in [0.25, 0.3) is 82.8 Å². The first-order chi connectivity index (χ1) is 28.3. The molecule has 0 bridgehead atoms. The van der Waals surface area contributed by atoms with Crippen molar-refractivity contribution in [3.05, 3.63) is 218 Å². The topological polar surface area (TPSA) is 21.3 Å². The first-order valence-corrected chi connectivity index (χ1v) is 19.4. The number of hydrogen-bond acceptors (Lipinski definition) is 2. The van der Waals surface area contributed by atoms with E-state index in [2.05, 4.69) is 216 Å². The molecule has 0 saturated heterocycles. The minimum atomic E-state index is 0.906. The molecule has 0 aliphatic rings. The molecule has 57 heavy (non-hydrogen) atoms. The zero-order chi connectivity index (χ0) is 37.7. The summed E-state index contributed by atoms with van der Waals surface area (Å²) >= 11 is 0. The fraction of sp³-hybridized carbons (Fsp3) is 0. The lowest BCUT2D eigenvalue weighted by Gasteiger charge is -2.28. The van der Waals surface area contributed by atoms with Gasteiger partial charge in [0.2, 0.25) is 0 Å². The Morgan fingerprint density at radius 3 is 1.56 bits per heavy atom. The maximum Gasteiger partial charge on any atom is 0.143 e. The molecular formula is C54H36N2O. The summed E-state index contributed by atoms with van der Waals surface area (Å²) in [6.07, 6.45) is 0. The van der Waals surface area contributed by atoms with Crippen molar-refractivity contribution in [2.75, 3.05) is 4.90 Å². The SMILES string of the molecule is c1ccc(N(c2ccc(-c3cccc4c3oc3ccccc34)cc2)c2ccccc2-c2ccc(-c3ccccc3-n3c4ccccc4c4ccccc43)cc2)cc1. The largest absolute Gasteiger partial charge is 0.455 e. The third-order valence-electron chi connectivity index (χ3n) is 11.2.